The second-order valence-electron chi connectivity index (χ2n) is 6.92. The van der Waals surface area contributed by atoms with Crippen LogP contribution in [0.15, 0.2) is 121 Å². The van der Waals surface area contributed by atoms with Crippen molar-refractivity contribution < 1.29 is 24.7 Å². The van der Waals surface area contributed by atoms with Gasteiger partial charge in [0, 0.05) is 32.9 Å². The molecule has 2 heteroatoms. The molecule has 0 aliphatic rings. The smallest absolute Gasteiger partial charge is 0.0667 e. The maximum atomic E-state index is 9.48. The summed E-state index contributed by atoms with van der Waals surface area (Å²) in [4.78, 5) is 0. The number of nitrogens with zero attached hydrogens (tertiary/aromatic N) is 2. The Bertz CT molecular complexity index is 2410. The van der Waals surface area contributed by atoms with Gasteiger partial charge in [0.1, 0.15) is 0 Å². The molecular weight excluding hydrogens is 388 g/mol. The second-order valence-corrected chi connectivity index (χ2v) is 6.92. The number of fused-ring (bicyclic) bond motifs is 6. The minimum atomic E-state index is -0.704. The van der Waals surface area contributed by atoms with E-state index >= 15 is 0 Å². The van der Waals surface area contributed by atoms with E-state index in [9.17, 15) is 1.37 Å². The van der Waals surface area contributed by atoms with E-state index in [4.69, 9.17) is 23.3 Å². The van der Waals surface area contributed by atoms with Gasteiger partial charge in [0.25, 0.3) is 0 Å². The van der Waals surface area contributed by atoms with Crippen LogP contribution >= 0.6 is 0 Å². The number of rotatable bonds is 2. The van der Waals surface area contributed by atoms with Gasteiger partial charge in [-0.3, -0.25) is 0 Å². The summed E-state index contributed by atoms with van der Waals surface area (Å²) in [5.74, 6) is 0. The normalized spacial score (nSPS) is 19.6. The Labute approximate surface area is 210 Å². The van der Waals surface area contributed by atoms with E-state index < -0.39 is 103 Å². The predicted octanol–water partition coefficient (Wildman–Crippen LogP) is 7.88. The molecule has 7 rings (SSSR count). The predicted molar refractivity (Wildman–Crippen MR) is 135 cm³/mol. The van der Waals surface area contributed by atoms with Gasteiger partial charge < -0.3 is 9.13 Å². The fourth-order valence-electron chi connectivity index (χ4n) is 3.97. The van der Waals surface area contributed by atoms with Crippen molar-refractivity contribution in [2.45, 2.75) is 0 Å². The highest BCUT2D eigenvalue weighted by molar-refractivity contribution is 6.10. The Morgan fingerprint density at radius 3 is 1.06 bits per heavy atom. The average molecular weight is 427 g/mol. The van der Waals surface area contributed by atoms with Crippen molar-refractivity contribution >= 4 is 43.6 Å². The van der Waals surface area contributed by atoms with Gasteiger partial charge in [0.05, 0.1) is 46.7 Å². The number of para-hydroxylation sites is 4. The highest BCUT2D eigenvalue weighted by Gasteiger charge is 2.14. The first-order valence-electron chi connectivity index (χ1n) is 18.5. The third-order valence-electron chi connectivity index (χ3n) is 5.24. The molecule has 0 amide bonds. The third-order valence-corrected chi connectivity index (χ3v) is 5.24. The number of benzene rings is 5. The lowest BCUT2D eigenvalue weighted by molar-refractivity contribution is 1.13. The topological polar surface area (TPSA) is 9.86 Å². The standard InChI is InChI=1S/C30H20N2/c1-5-16-27-23(12-1)24-13-2-6-17-28(24)31(27)21-10-9-11-22(20-21)32-29-18-7-3-14-25(29)26-15-4-8-19-30(26)32/h1-20H/i1D,2D,3D,4D,5D,6D,7D,8D,9D,12D,13D,14D,15D,16D,17D,18D,19D,20D. The van der Waals surface area contributed by atoms with E-state index in [-0.39, 0.29) is 61.0 Å². The molecule has 2 nitrogen and oxygen atoms in total. The monoisotopic (exact) mass is 426 g/mol. The van der Waals surface area contributed by atoms with Crippen molar-refractivity contribution in [3.63, 3.8) is 0 Å². The molecule has 0 atom stereocenters. The maximum absolute atomic E-state index is 9.48. The fourth-order valence-corrected chi connectivity index (χ4v) is 3.97. The minimum Gasteiger partial charge on any atom is -0.309 e. The Kier molecular flexibility index (Phi) is 1.52. The van der Waals surface area contributed by atoms with Crippen LogP contribution in [-0.4, -0.2) is 9.13 Å². The van der Waals surface area contributed by atoms with Gasteiger partial charge in [-0.25, -0.2) is 0 Å². The van der Waals surface area contributed by atoms with Crippen molar-refractivity contribution in [2.24, 2.45) is 0 Å². The molecule has 7 aromatic rings. The SMILES string of the molecule is [2H]c1cc(-n2c3c([2H])c([2H])c([2H])c([2H])c3c3c([2H])c([2H])c([2H])c([2H])c32)c([2H])c(-n2c3c([2H])c([2H])c([2H])c([2H])c3c3c([2H])c([2H])c([2H])c([2H])c32)c1. The molecule has 0 spiro atoms. The van der Waals surface area contributed by atoms with E-state index in [0.717, 1.165) is 21.3 Å². The van der Waals surface area contributed by atoms with E-state index in [1.54, 1.807) is 0 Å². The first-order chi connectivity index (χ1) is 23.4. The summed E-state index contributed by atoms with van der Waals surface area (Å²) in [7, 11) is 0. The molecule has 0 saturated carbocycles. The Hall–Kier alpha value is -4.30. The van der Waals surface area contributed by atoms with Crippen molar-refractivity contribution in [3.8, 4) is 11.4 Å². The van der Waals surface area contributed by atoms with Crippen LogP contribution in [-0.2, 0) is 0 Å². The van der Waals surface area contributed by atoms with E-state index in [0.29, 0.717) is 0 Å². The second kappa shape index (κ2) is 6.60. The molecule has 2 heterocycles. The van der Waals surface area contributed by atoms with E-state index in [1.807, 2.05) is 0 Å². The Morgan fingerprint density at radius 1 is 0.406 bits per heavy atom. The van der Waals surface area contributed by atoms with Gasteiger partial charge in [-0.1, -0.05) is 78.6 Å². The highest BCUT2D eigenvalue weighted by atomic mass is 15.0. The van der Waals surface area contributed by atoms with E-state index in [1.165, 1.54) is 0 Å². The lowest BCUT2D eigenvalue weighted by Crippen LogP contribution is -1.98. The third kappa shape index (κ3) is 2.35. The summed E-state index contributed by atoms with van der Waals surface area (Å²) in [5, 5.41) is -1.08. The molecule has 0 saturated heterocycles. The lowest BCUT2D eigenvalue weighted by Gasteiger charge is -2.12. The van der Waals surface area contributed by atoms with Crippen molar-refractivity contribution in [2.75, 3.05) is 0 Å². The van der Waals surface area contributed by atoms with Crippen molar-refractivity contribution in [1.29, 1.82) is 0 Å². The van der Waals surface area contributed by atoms with E-state index in [2.05, 4.69) is 0 Å². The zero-order valence-electron chi connectivity index (χ0n) is 34.0. The van der Waals surface area contributed by atoms with Gasteiger partial charge in [0.15, 0.2) is 0 Å². The zero-order chi connectivity index (χ0) is 36.7. The molecule has 0 radical (unpaired) electrons. The molecule has 2 aromatic heterocycles. The number of hydrogen-bond acceptors (Lipinski definition) is 0. The molecular formula is C30H20N2. The summed E-state index contributed by atoms with van der Waals surface area (Å²) >= 11 is 0. The Morgan fingerprint density at radius 2 is 0.719 bits per heavy atom. The van der Waals surface area contributed by atoms with Crippen LogP contribution in [0.4, 0.5) is 0 Å². The number of aromatic nitrogens is 2. The van der Waals surface area contributed by atoms with Gasteiger partial charge in [-0.05, 0) is 42.3 Å². The zero-order valence-corrected chi connectivity index (χ0v) is 16.0. The summed E-state index contributed by atoms with van der Waals surface area (Å²) in [6.45, 7) is 0. The van der Waals surface area contributed by atoms with Crippen LogP contribution in [0, 0.1) is 0 Å². The van der Waals surface area contributed by atoms with Crippen LogP contribution < -0.4 is 0 Å². The maximum Gasteiger partial charge on any atom is 0.0667 e. The van der Waals surface area contributed by atoms with Gasteiger partial charge >= 0.3 is 0 Å². The minimum absolute atomic E-state index is 0.269. The first-order valence-corrected chi connectivity index (χ1v) is 9.50. The van der Waals surface area contributed by atoms with Crippen LogP contribution in [0.3, 0.4) is 0 Å². The molecule has 0 N–H and O–H groups in total. The summed E-state index contributed by atoms with van der Waals surface area (Å²) < 4.78 is 157. The van der Waals surface area contributed by atoms with Crippen LogP contribution in [0.1, 0.15) is 24.7 Å². The van der Waals surface area contributed by atoms with Crippen LogP contribution in [0.2, 0.25) is 0 Å². The largest absolute Gasteiger partial charge is 0.309 e. The lowest BCUT2D eigenvalue weighted by atomic mass is 10.2. The van der Waals surface area contributed by atoms with Gasteiger partial charge in [0.2, 0.25) is 0 Å². The Balaban J connectivity index is 1.78. The fraction of sp³-hybridized carbons (Fsp3) is 0. The molecule has 0 aliphatic carbocycles. The molecule has 0 unspecified atom stereocenters. The van der Waals surface area contributed by atoms with Crippen molar-refractivity contribution in [1.82, 2.24) is 9.13 Å². The summed E-state index contributed by atoms with van der Waals surface area (Å²) in [6, 6.07) is -9.27. The van der Waals surface area contributed by atoms with Crippen molar-refractivity contribution in [3.05, 3.63) is 121 Å². The van der Waals surface area contributed by atoms with Crippen LogP contribution in [0.25, 0.3) is 55.0 Å². The quantitative estimate of drug-likeness (QED) is 0.266. The van der Waals surface area contributed by atoms with Gasteiger partial charge in [-0.15, -0.1) is 0 Å². The first kappa shape index (κ1) is 7.39. The highest BCUT2D eigenvalue weighted by Crippen LogP contribution is 2.35. The summed E-state index contributed by atoms with van der Waals surface area (Å²) in [6.07, 6.45) is 0. The molecule has 0 fully saturated rings. The molecule has 32 heavy (non-hydrogen) atoms. The molecule has 5 aromatic carbocycles. The molecule has 0 bridgehead atoms. The average Bonchev–Trinajstić information content (AvgIpc) is 3.63. The van der Waals surface area contributed by atoms with Gasteiger partial charge in [-0.2, -0.15) is 0 Å². The summed E-state index contributed by atoms with van der Waals surface area (Å²) in [5.41, 5.74) is -1.94. The van der Waals surface area contributed by atoms with Crippen LogP contribution in [0.5, 0.6) is 0 Å². The number of hydrogen-bond donors (Lipinski definition) is 0. The molecule has 0 aliphatic heterocycles. The molecule has 150 valence electrons.